The summed E-state index contributed by atoms with van der Waals surface area (Å²) in [6, 6.07) is 13.3. The van der Waals surface area contributed by atoms with Crippen molar-refractivity contribution in [1.29, 1.82) is 0 Å². The molecular formula is C25H17F6N2O2+. The molecule has 180 valence electrons. The summed E-state index contributed by atoms with van der Waals surface area (Å²) in [5.41, 5.74) is -2.50. The smallest absolute Gasteiger partial charge is 0.416 e. The van der Waals surface area contributed by atoms with Crippen molar-refractivity contribution in [2.75, 3.05) is 0 Å². The number of fused-ring (bicyclic) bond motifs is 1. The Morgan fingerprint density at radius 1 is 0.857 bits per heavy atom. The molecule has 0 amide bonds. The van der Waals surface area contributed by atoms with Crippen LogP contribution in [-0.2, 0) is 18.9 Å². The van der Waals surface area contributed by atoms with Gasteiger partial charge in [0.05, 0.1) is 17.3 Å². The zero-order valence-corrected chi connectivity index (χ0v) is 17.8. The van der Waals surface area contributed by atoms with E-state index >= 15 is 0 Å². The number of hydrogen-bond donors (Lipinski definition) is 1. The molecule has 2 aromatic carbocycles. The Morgan fingerprint density at radius 2 is 1.51 bits per heavy atom. The van der Waals surface area contributed by atoms with E-state index in [-0.39, 0.29) is 28.9 Å². The van der Waals surface area contributed by atoms with E-state index in [0.717, 1.165) is 30.3 Å². The number of aromatic hydroxyl groups is 1. The van der Waals surface area contributed by atoms with E-state index in [9.17, 15) is 36.2 Å². The number of halogens is 6. The molecule has 0 radical (unpaired) electrons. The number of aromatic nitrogens is 2. The largest absolute Gasteiger partial charge is 0.477 e. The van der Waals surface area contributed by atoms with Crippen LogP contribution in [0.15, 0.2) is 83.8 Å². The molecular weight excluding hydrogens is 474 g/mol. The first-order chi connectivity index (χ1) is 16.5. The Bertz CT molecular complexity index is 1490. The van der Waals surface area contributed by atoms with Gasteiger partial charge in [-0.05, 0) is 47.5 Å². The molecule has 0 aliphatic heterocycles. The summed E-state index contributed by atoms with van der Waals surface area (Å²) in [5.74, 6) is -0.575. The number of benzene rings is 2. The number of allylic oxidation sites excluding steroid dienone is 1. The first-order valence-electron chi connectivity index (χ1n) is 10.2. The number of rotatable bonds is 4. The first kappa shape index (κ1) is 24.1. The number of nitrogens with zero attached hydrogens (tertiary/aromatic N) is 2. The molecule has 1 N–H and O–H groups in total. The molecule has 0 spiro atoms. The minimum absolute atomic E-state index is 0.0815. The Kier molecular flexibility index (Phi) is 6.14. The average Bonchev–Trinajstić information content (AvgIpc) is 2.81. The number of pyridine rings is 1. The molecule has 0 saturated carbocycles. The van der Waals surface area contributed by atoms with Crippen molar-refractivity contribution in [3.63, 3.8) is 0 Å². The highest BCUT2D eigenvalue weighted by Crippen LogP contribution is 2.33. The molecule has 0 fully saturated rings. The summed E-state index contributed by atoms with van der Waals surface area (Å²) in [5, 5.41) is 10.9. The number of hydrogen-bond acceptors (Lipinski definition) is 2. The second-order valence-corrected chi connectivity index (χ2v) is 7.65. The van der Waals surface area contributed by atoms with Gasteiger partial charge in [-0.2, -0.15) is 35.3 Å². The van der Waals surface area contributed by atoms with Gasteiger partial charge in [-0.3, -0.25) is 0 Å². The van der Waals surface area contributed by atoms with Crippen molar-refractivity contribution in [2.45, 2.75) is 18.9 Å². The van der Waals surface area contributed by atoms with Gasteiger partial charge in [0.25, 0.3) is 11.5 Å². The Hall–Kier alpha value is -4.08. The highest BCUT2D eigenvalue weighted by molar-refractivity contribution is 5.68. The molecule has 10 heteroatoms. The van der Waals surface area contributed by atoms with E-state index in [1.165, 1.54) is 51.6 Å². The summed E-state index contributed by atoms with van der Waals surface area (Å²) in [7, 11) is 0. The topological polar surface area (TPSA) is 45.6 Å². The third kappa shape index (κ3) is 4.91. The highest BCUT2D eigenvalue weighted by Gasteiger charge is 2.32. The van der Waals surface area contributed by atoms with Gasteiger partial charge in [-0.1, -0.05) is 36.4 Å². The van der Waals surface area contributed by atoms with Gasteiger partial charge in [-0.25, -0.2) is 4.79 Å². The van der Waals surface area contributed by atoms with E-state index in [1.807, 2.05) is 0 Å². The minimum Gasteiger partial charge on any atom is -0.477 e. The summed E-state index contributed by atoms with van der Waals surface area (Å²) in [6.07, 6.45) is -4.87. The zero-order valence-electron chi connectivity index (χ0n) is 17.8. The van der Waals surface area contributed by atoms with Crippen LogP contribution in [0.25, 0.3) is 22.9 Å². The maximum Gasteiger partial charge on any atom is 0.416 e. The van der Waals surface area contributed by atoms with Crippen LogP contribution in [0.4, 0.5) is 26.3 Å². The third-order valence-electron chi connectivity index (χ3n) is 5.32. The standard InChI is InChI=1S/C25H16F6N2O2/c26-24(27,28)18-9-3-6-16(14-18)7-5-13-33-20-11-1-2-12-32(20)22(34)21(23(33)35)17-8-4-10-19(15-17)25(29,30)31/h1-12,14-15H,13H2/p+1/b7-5+. The van der Waals surface area contributed by atoms with Gasteiger partial charge in [0.1, 0.15) is 6.54 Å². The fourth-order valence-electron chi connectivity index (χ4n) is 3.68. The van der Waals surface area contributed by atoms with Gasteiger partial charge in [0, 0.05) is 6.07 Å². The number of alkyl halides is 6. The fraction of sp³-hybridized carbons (Fsp3) is 0.120. The van der Waals surface area contributed by atoms with Gasteiger partial charge < -0.3 is 5.11 Å². The molecule has 4 rings (SSSR count). The van der Waals surface area contributed by atoms with Gasteiger partial charge in [0.2, 0.25) is 0 Å². The Balaban J connectivity index is 1.81. The highest BCUT2D eigenvalue weighted by atomic mass is 19.4. The molecule has 0 aliphatic rings. The van der Waals surface area contributed by atoms with E-state index in [4.69, 9.17) is 0 Å². The summed E-state index contributed by atoms with van der Waals surface area (Å²) < 4.78 is 81.0. The van der Waals surface area contributed by atoms with Gasteiger partial charge in [-0.15, -0.1) is 0 Å². The second-order valence-electron chi connectivity index (χ2n) is 7.65. The molecule has 2 aromatic heterocycles. The summed E-state index contributed by atoms with van der Waals surface area (Å²) in [6.45, 7) is -0.0815. The lowest BCUT2D eigenvalue weighted by Crippen LogP contribution is -2.40. The van der Waals surface area contributed by atoms with Crippen LogP contribution >= 0.6 is 0 Å². The van der Waals surface area contributed by atoms with Crippen LogP contribution in [-0.4, -0.2) is 9.51 Å². The van der Waals surface area contributed by atoms with Gasteiger partial charge >= 0.3 is 17.9 Å². The molecule has 0 saturated heterocycles. The molecule has 0 atom stereocenters. The van der Waals surface area contributed by atoms with Gasteiger partial charge in [0.15, 0.2) is 5.56 Å². The normalized spacial score (nSPS) is 12.5. The fourth-order valence-corrected chi connectivity index (χ4v) is 3.68. The molecule has 2 heterocycles. The molecule has 4 nitrogen and oxygen atoms in total. The van der Waals surface area contributed by atoms with Crippen LogP contribution in [0.1, 0.15) is 16.7 Å². The Labute approximate surface area is 194 Å². The maximum atomic E-state index is 13.2. The van der Waals surface area contributed by atoms with E-state index in [0.29, 0.717) is 0 Å². The van der Waals surface area contributed by atoms with Crippen molar-refractivity contribution < 1.29 is 36.0 Å². The van der Waals surface area contributed by atoms with E-state index < -0.39 is 34.9 Å². The SMILES string of the molecule is O=c1c(-c2cccc(C(F)(F)F)c2)c(O)[n+](C/C=C/c2cccc(C(F)(F)F)c2)c2ccccn12. The molecule has 0 bridgehead atoms. The lowest BCUT2D eigenvalue weighted by molar-refractivity contribution is -0.670. The molecule has 35 heavy (non-hydrogen) atoms. The lowest BCUT2D eigenvalue weighted by atomic mass is 10.0. The Morgan fingerprint density at radius 3 is 2.20 bits per heavy atom. The van der Waals surface area contributed by atoms with Crippen LogP contribution in [0.5, 0.6) is 5.88 Å². The van der Waals surface area contributed by atoms with E-state index in [2.05, 4.69) is 0 Å². The lowest BCUT2D eigenvalue weighted by Gasteiger charge is -2.11. The van der Waals surface area contributed by atoms with Crippen LogP contribution in [0.2, 0.25) is 0 Å². The quantitative estimate of drug-likeness (QED) is 0.294. The predicted octanol–water partition coefficient (Wildman–Crippen LogP) is 5.71. The second kappa shape index (κ2) is 8.94. The van der Waals surface area contributed by atoms with Crippen LogP contribution in [0.3, 0.4) is 0 Å². The summed E-state index contributed by atoms with van der Waals surface area (Å²) in [4.78, 5) is 13.1. The van der Waals surface area contributed by atoms with Crippen molar-refractivity contribution >= 4 is 11.7 Å². The molecule has 4 aromatic rings. The van der Waals surface area contributed by atoms with E-state index in [1.54, 1.807) is 12.1 Å². The van der Waals surface area contributed by atoms with Crippen molar-refractivity contribution in [3.8, 4) is 17.0 Å². The zero-order chi connectivity index (χ0) is 25.4. The molecule has 0 aliphatic carbocycles. The average molecular weight is 491 g/mol. The van der Waals surface area contributed by atoms with Crippen LogP contribution in [0, 0.1) is 0 Å². The monoisotopic (exact) mass is 491 g/mol. The third-order valence-corrected chi connectivity index (χ3v) is 5.32. The van der Waals surface area contributed by atoms with Crippen molar-refractivity contribution in [3.05, 3.63) is 106 Å². The molecule has 0 unspecified atom stereocenters. The van der Waals surface area contributed by atoms with Crippen LogP contribution < -0.4 is 10.1 Å². The minimum atomic E-state index is -4.65. The van der Waals surface area contributed by atoms with Crippen molar-refractivity contribution in [2.24, 2.45) is 0 Å². The predicted molar refractivity (Wildman–Crippen MR) is 116 cm³/mol. The maximum absolute atomic E-state index is 13.2. The summed E-state index contributed by atoms with van der Waals surface area (Å²) >= 11 is 0. The first-order valence-corrected chi connectivity index (χ1v) is 10.2. The van der Waals surface area contributed by atoms with Crippen molar-refractivity contribution in [1.82, 2.24) is 4.40 Å².